The molecule has 2 nitrogen and oxygen atoms in total. The maximum absolute atomic E-state index is 13.7. The Hall–Kier alpha value is -1.39. The molecule has 106 valence electrons. The van der Waals surface area contributed by atoms with Crippen LogP contribution in [0, 0.1) is 5.82 Å². The first-order valence-electron chi connectivity index (χ1n) is 6.75. The third-order valence-electron chi connectivity index (χ3n) is 4.02. The van der Waals surface area contributed by atoms with E-state index in [-0.39, 0.29) is 11.9 Å². The largest absolute Gasteiger partial charge is 0.320 e. The van der Waals surface area contributed by atoms with E-state index in [4.69, 9.17) is 11.6 Å². The summed E-state index contributed by atoms with van der Waals surface area (Å²) in [5.74, 6) is 0.709. The van der Waals surface area contributed by atoms with Gasteiger partial charge in [-0.2, -0.15) is 0 Å². The molecule has 2 aromatic carbocycles. The van der Waals surface area contributed by atoms with Gasteiger partial charge in [0.2, 0.25) is 0 Å². The Labute approximate surface area is 134 Å². The van der Waals surface area contributed by atoms with Gasteiger partial charge in [0.25, 0.3) is 0 Å². The lowest BCUT2D eigenvalue weighted by Gasteiger charge is -2.16. The molecule has 1 atom stereocenters. The van der Waals surface area contributed by atoms with Gasteiger partial charge in [0.05, 0.1) is 21.5 Å². The molecule has 0 radical (unpaired) electrons. The third-order valence-corrected chi connectivity index (χ3v) is 4.97. The topological polar surface area (TPSA) is 17.8 Å². The second kappa shape index (κ2) is 4.82. The highest BCUT2D eigenvalue weighted by Gasteiger charge is 2.28. The molecule has 0 fully saturated rings. The smallest absolute Gasteiger partial charge is 0.139 e. The van der Waals surface area contributed by atoms with E-state index < -0.39 is 0 Å². The number of fused-ring (bicyclic) bond motifs is 3. The fraction of sp³-hybridized carbons (Fsp3) is 0.188. The zero-order valence-electron chi connectivity index (χ0n) is 11.0. The van der Waals surface area contributed by atoms with Crippen LogP contribution < -0.4 is 0 Å². The number of halogens is 3. The lowest BCUT2D eigenvalue weighted by Crippen LogP contribution is -2.06. The number of hydrogen-bond acceptors (Lipinski definition) is 1. The summed E-state index contributed by atoms with van der Waals surface area (Å²) in [5, 5.41) is 0.762. The first-order valence-corrected chi connectivity index (χ1v) is 7.92. The Kier molecular flexibility index (Phi) is 3.05. The first-order chi connectivity index (χ1) is 10.1. The van der Waals surface area contributed by atoms with Crippen LogP contribution in [0.5, 0.6) is 0 Å². The maximum Gasteiger partial charge on any atom is 0.139 e. The predicted octanol–water partition coefficient (Wildman–Crippen LogP) is 5.13. The molecule has 3 aromatic rings. The number of hydrogen-bond donors (Lipinski definition) is 0. The minimum absolute atomic E-state index is 0.163. The summed E-state index contributed by atoms with van der Waals surface area (Å²) in [6.45, 7) is 0. The molecular formula is C16H11BrClFN2. The third kappa shape index (κ3) is 2.00. The van der Waals surface area contributed by atoms with E-state index in [1.54, 1.807) is 6.07 Å². The van der Waals surface area contributed by atoms with Crippen LogP contribution in [0.15, 0.2) is 40.9 Å². The number of nitrogens with zero attached hydrogens (tertiary/aromatic N) is 2. The van der Waals surface area contributed by atoms with Crippen molar-refractivity contribution in [2.75, 3.05) is 0 Å². The van der Waals surface area contributed by atoms with Crippen LogP contribution in [0.2, 0.25) is 5.02 Å². The van der Waals surface area contributed by atoms with Crippen LogP contribution in [0.4, 0.5) is 4.39 Å². The van der Waals surface area contributed by atoms with Gasteiger partial charge >= 0.3 is 0 Å². The number of aromatic nitrogens is 2. The van der Waals surface area contributed by atoms with Crippen LogP contribution in [-0.4, -0.2) is 9.55 Å². The minimum Gasteiger partial charge on any atom is -0.320 e. The first kappa shape index (κ1) is 13.3. The van der Waals surface area contributed by atoms with Crippen LogP contribution in [0.25, 0.3) is 11.0 Å². The molecule has 4 rings (SSSR count). The van der Waals surface area contributed by atoms with Gasteiger partial charge in [-0.3, -0.25) is 0 Å². The van der Waals surface area contributed by atoms with Crippen molar-refractivity contribution in [2.24, 2.45) is 0 Å². The number of benzene rings is 2. The van der Waals surface area contributed by atoms with Gasteiger partial charge in [0.15, 0.2) is 0 Å². The van der Waals surface area contributed by atoms with Crippen LogP contribution in [0.1, 0.15) is 23.9 Å². The summed E-state index contributed by atoms with van der Waals surface area (Å²) < 4.78 is 16.3. The summed E-state index contributed by atoms with van der Waals surface area (Å²) >= 11 is 9.60. The number of aryl methyl sites for hydroxylation is 1. The summed E-state index contributed by atoms with van der Waals surface area (Å²) in [5.41, 5.74) is 2.74. The molecule has 21 heavy (non-hydrogen) atoms. The lowest BCUT2D eigenvalue weighted by molar-refractivity contribution is 0.620. The molecule has 0 unspecified atom stereocenters. The van der Waals surface area contributed by atoms with E-state index in [0.29, 0.717) is 9.99 Å². The van der Waals surface area contributed by atoms with E-state index in [9.17, 15) is 4.39 Å². The highest BCUT2D eigenvalue weighted by Crippen LogP contribution is 2.39. The van der Waals surface area contributed by atoms with E-state index in [1.165, 1.54) is 6.07 Å². The highest BCUT2D eigenvalue weighted by molar-refractivity contribution is 9.10. The molecule has 0 saturated heterocycles. The van der Waals surface area contributed by atoms with Crippen LogP contribution in [-0.2, 0) is 6.42 Å². The van der Waals surface area contributed by atoms with Gasteiger partial charge in [-0.05, 0) is 40.0 Å². The van der Waals surface area contributed by atoms with E-state index in [2.05, 4.69) is 25.5 Å². The Morgan fingerprint density at radius 2 is 2.10 bits per heavy atom. The standard InChI is InChI=1S/C16H11BrClFN2/c17-10-7-15-13(8-12(10)19)20-16-6-5-14(21(15)16)9-3-1-2-4-11(9)18/h1-4,7-8,14H,5-6H2/t14-/m0/s1. The summed E-state index contributed by atoms with van der Waals surface area (Å²) in [4.78, 5) is 4.56. The van der Waals surface area contributed by atoms with Crippen LogP contribution in [0.3, 0.4) is 0 Å². The van der Waals surface area contributed by atoms with E-state index in [0.717, 1.165) is 34.8 Å². The van der Waals surface area contributed by atoms with Crippen molar-refractivity contribution >= 4 is 38.6 Å². The van der Waals surface area contributed by atoms with Crippen molar-refractivity contribution in [2.45, 2.75) is 18.9 Å². The summed E-state index contributed by atoms with van der Waals surface area (Å²) in [6.07, 6.45) is 1.85. The van der Waals surface area contributed by atoms with Crippen molar-refractivity contribution in [3.63, 3.8) is 0 Å². The lowest BCUT2D eigenvalue weighted by atomic mass is 10.0. The Morgan fingerprint density at radius 3 is 2.90 bits per heavy atom. The van der Waals surface area contributed by atoms with Gasteiger partial charge in [-0.25, -0.2) is 9.37 Å². The fourth-order valence-electron chi connectivity index (χ4n) is 3.10. The van der Waals surface area contributed by atoms with E-state index in [1.807, 2.05) is 24.3 Å². The number of rotatable bonds is 1. The van der Waals surface area contributed by atoms with E-state index >= 15 is 0 Å². The monoisotopic (exact) mass is 364 g/mol. The molecule has 1 aliphatic rings. The average Bonchev–Trinajstić information content (AvgIpc) is 3.00. The molecule has 1 aliphatic heterocycles. The molecule has 0 aliphatic carbocycles. The Balaban J connectivity index is 1.95. The average molecular weight is 366 g/mol. The highest BCUT2D eigenvalue weighted by atomic mass is 79.9. The second-order valence-electron chi connectivity index (χ2n) is 5.23. The molecule has 0 spiro atoms. The molecule has 0 amide bonds. The molecule has 2 heterocycles. The van der Waals surface area contributed by atoms with Crippen molar-refractivity contribution in [1.82, 2.24) is 9.55 Å². The zero-order valence-corrected chi connectivity index (χ0v) is 13.3. The van der Waals surface area contributed by atoms with Crippen molar-refractivity contribution in [3.05, 3.63) is 63.1 Å². The molecule has 5 heteroatoms. The SMILES string of the molecule is Fc1cc2nc3n(c2cc1Br)[C@H](c1ccccc1Cl)CC3. The summed E-state index contributed by atoms with van der Waals surface area (Å²) in [6, 6.07) is 11.3. The Bertz CT molecular complexity index is 859. The second-order valence-corrected chi connectivity index (χ2v) is 6.49. The van der Waals surface area contributed by atoms with Gasteiger partial charge < -0.3 is 4.57 Å². The van der Waals surface area contributed by atoms with Crippen molar-refractivity contribution in [1.29, 1.82) is 0 Å². The van der Waals surface area contributed by atoms with Gasteiger partial charge in [0, 0.05) is 17.5 Å². The summed E-state index contributed by atoms with van der Waals surface area (Å²) in [7, 11) is 0. The Morgan fingerprint density at radius 1 is 1.29 bits per heavy atom. The fourth-order valence-corrected chi connectivity index (χ4v) is 3.69. The predicted molar refractivity (Wildman–Crippen MR) is 85.3 cm³/mol. The molecular weight excluding hydrogens is 355 g/mol. The van der Waals surface area contributed by atoms with Crippen LogP contribution >= 0.6 is 27.5 Å². The normalized spacial score (nSPS) is 17.4. The molecule has 1 aromatic heterocycles. The molecule has 0 bridgehead atoms. The zero-order chi connectivity index (χ0) is 14.6. The van der Waals surface area contributed by atoms with Crippen molar-refractivity contribution < 1.29 is 4.39 Å². The molecule has 0 saturated carbocycles. The van der Waals surface area contributed by atoms with Gasteiger partial charge in [-0.1, -0.05) is 29.8 Å². The quantitative estimate of drug-likeness (QED) is 0.585. The maximum atomic E-state index is 13.7. The number of imidazole rings is 1. The minimum atomic E-state index is -0.284. The van der Waals surface area contributed by atoms with Gasteiger partial charge in [-0.15, -0.1) is 0 Å². The molecule has 0 N–H and O–H groups in total. The van der Waals surface area contributed by atoms with Crippen molar-refractivity contribution in [3.8, 4) is 0 Å². The van der Waals surface area contributed by atoms with Gasteiger partial charge in [0.1, 0.15) is 11.6 Å².